The van der Waals surface area contributed by atoms with Crippen molar-refractivity contribution in [2.24, 2.45) is 5.41 Å². The molecule has 2 aliphatic rings. The molecule has 0 atom stereocenters. The third-order valence-electron chi connectivity index (χ3n) is 5.11. The first-order valence-corrected chi connectivity index (χ1v) is 9.89. The minimum absolute atomic E-state index is 0.0725. The molecule has 8 heteroatoms. The first-order valence-electron chi connectivity index (χ1n) is 9.89. The Labute approximate surface area is 170 Å². The van der Waals surface area contributed by atoms with Gasteiger partial charge in [-0.3, -0.25) is 9.69 Å². The zero-order valence-corrected chi connectivity index (χ0v) is 17.1. The summed E-state index contributed by atoms with van der Waals surface area (Å²) in [6.45, 7) is 10.4. The summed E-state index contributed by atoms with van der Waals surface area (Å²) < 4.78 is 10.8. The lowest BCUT2D eigenvalue weighted by Crippen LogP contribution is -2.46. The van der Waals surface area contributed by atoms with Crippen LogP contribution in [-0.4, -0.2) is 54.0 Å². The summed E-state index contributed by atoms with van der Waals surface area (Å²) in [7, 11) is 0. The fourth-order valence-electron chi connectivity index (χ4n) is 3.30. The van der Waals surface area contributed by atoms with Crippen LogP contribution < -0.4 is 19.7 Å². The predicted octanol–water partition coefficient (Wildman–Crippen LogP) is 2.51. The number of hydrogen-bond donors (Lipinski definition) is 1. The average molecular weight is 397 g/mol. The van der Waals surface area contributed by atoms with Crippen molar-refractivity contribution >= 4 is 17.5 Å². The highest BCUT2D eigenvalue weighted by Gasteiger charge is 2.23. The minimum atomic E-state index is -0.464. The van der Waals surface area contributed by atoms with Gasteiger partial charge in [-0.1, -0.05) is 26.8 Å². The number of ether oxygens (including phenoxy) is 2. The molecule has 8 nitrogen and oxygen atoms in total. The minimum Gasteiger partial charge on any atom is -0.454 e. The number of carbonyl (C=O) groups excluding carboxylic acids is 1. The van der Waals surface area contributed by atoms with E-state index in [0.29, 0.717) is 12.6 Å². The molecule has 29 heavy (non-hydrogen) atoms. The fourth-order valence-corrected chi connectivity index (χ4v) is 3.30. The van der Waals surface area contributed by atoms with Gasteiger partial charge in [0.1, 0.15) is 0 Å². The Kier molecular flexibility index (Phi) is 5.27. The van der Waals surface area contributed by atoms with Crippen LogP contribution in [0.5, 0.6) is 11.5 Å². The lowest BCUT2D eigenvalue weighted by Gasteiger charge is -2.35. The maximum Gasteiger partial charge on any atom is 0.231 e. The number of anilines is 2. The number of benzene rings is 1. The number of carbonyl (C=O) groups is 1. The SMILES string of the molecule is CC(C)(C)C(=O)Nc1ccc(N2CCN(Cc3ccc4c(c3)OCO4)CC2)nn1. The lowest BCUT2D eigenvalue weighted by molar-refractivity contribution is -0.123. The van der Waals surface area contributed by atoms with Crippen molar-refractivity contribution in [1.82, 2.24) is 15.1 Å². The predicted molar refractivity (Wildman–Crippen MR) is 110 cm³/mol. The molecule has 0 radical (unpaired) electrons. The first kappa shape index (κ1) is 19.4. The molecule has 3 heterocycles. The molecule has 2 aliphatic heterocycles. The molecule has 1 amide bonds. The summed E-state index contributed by atoms with van der Waals surface area (Å²) >= 11 is 0. The normalized spacial score (nSPS) is 16.7. The Morgan fingerprint density at radius 2 is 1.79 bits per heavy atom. The molecule has 1 fully saturated rings. The largest absolute Gasteiger partial charge is 0.454 e. The molecular formula is C21H27N5O3. The van der Waals surface area contributed by atoms with Gasteiger partial charge in [-0.15, -0.1) is 10.2 Å². The molecule has 0 aliphatic carbocycles. The third kappa shape index (κ3) is 4.59. The molecule has 1 N–H and O–H groups in total. The Morgan fingerprint density at radius 1 is 1.03 bits per heavy atom. The molecule has 1 saturated heterocycles. The topological polar surface area (TPSA) is 79.8 Å². The van der Waals surface area contributed by atoms with Crippen LogP contribution in [-0.2, 0) is 11.3 Å². The van der Waals surface area contributed by atoms with Gasteiger partial charge in [-0.05, 0) is 29.8 Å². The van der Waals surface area contributed by atoms with Gasteiger partial charge in [0.2, 0.25) is 12.7 Å². The molecule has 0 bridgehead atoms. The Hall–Kier alpha value is -2.87. The van der Waals surface area contributed by atoms with Crippen LogP contribution in [0.2, 0.25) is 0 Å². The van der Waals surface area contributed by atoms with Crippen LogP contribution in [0.25, 0.3) is 0 Å². The molecule has 1 aromatic heterocycles. The number of hydrogen-bond acceptors (Lipinski definition) is 7. The Balaban J connectivity index is 1.30. The summed E-state index contributed by atoms with van der Waals surface area (Å²) in [6.07, 6.45) is 0. The van der Waals surface area contributed by atoms with Crippen LogP contribution in [0, 0.1) is 5.41 Å². The third-order valence-corrected chi connectivity index (χ3v) is 5.11. The highest BCUT2D eigenvalue weighted by Crippen LogP contribution is 2.33. The molecular weight excluding hydrogens is 370 g/mol. The van der Waals surface area contributed by atoms with Crippen molar-refractivity contribution in [2.75, 3.05) is 43.2 Å². The quantitative estimate of drug-likeness (QED) is 0.849. The van der Waals surface area contributed by atoms with Crippen molar-refractivity contribution in [3.63, 3.8) is 0 Å². The van der Waals surface area contributed by atoms with E-state index in [4.69, 9.17) is 9.47 Å². The van der Waals surface area contributed by atoms with Gasteiger partial charge in [0.15, 0.2) is 23.1 Å². The van der Waals surface area contributed by atoms with E-state index in [1.807, 2.05) is 39.0 Å². The summed E-state index contributed by atoms with van der Waals surface area (Å²) in [6, 6.07) is 9.86. The van der Waals surface area contributed by atoms with Gasteiger partial charge in [-0.2, -0.15) is 0 Å². The van der Waals surface area contributed by atoms with E-state index in [1.165, 1.54) is 5.56 Å². The van der Waals surface area contributed by atoms with Gasteiger partial charge < -0.3 is 19.7 Å². The summed E-state index contributed by atoms with van der Waals surface area (Å²) in [4.78, 5) is 16.7. The fraction of sp³-hybridized carbons (Fsp3) is 0.476. The van der Waals surface area contributed by atoms with E-state index >= 15 is 0 Å². The van der Waals surface area contributed by atoms with Gasteiger partial charge >= 0.3 is 0 Å². The van der Waals surface area contributed by atoms with E-state index in [1.54, 1.807) is 0 Å². The average Bonchev–Trinajstić information content (AvgIpc) is 3.16. The molecule has 0 saturated carbocycles. The number of aromatic nitrogens is 2. The van der Waals surface area contributed by atoms with Gasteiger partial charge in [0.05, 0.1) is 0 Å². The highest BCUT2D eigenvalue weighted by atomic mass is 16.7. The monoisotopic (exact) mass is 397 g/mol. The smallest absolute Gasteiger partial charge is 0.231 e. The zero-order valence-electron chi connectivity index (χ0n) is 17.1. The van der Waals surface area contributed by atoms with E-state index < -0.39 is 5.41 Å². The number of nitrogens with zero attached hydrogens (tertiary/aromatic N) is 4. The van der Waals surface area contributed by atoms with Gasteiger partial charge in [0.25, 0.3) is 0 Å². The van der Waals surface area contributed by atoms with Crippen LogP contribution in [0.15, 0.2) is 30.3 Å². The van der Waals surface area contributed by atoms with Crippen molar-refractivity contribution in [3.05, 3.63) is 35.9 Å². The van der Waals surface area contributed by atoms with E-state index in [-0.39, 0.29) is 5.91 Å². The second-order valence-corrected chi connectivity index (χ2v) is 8.43. The molecule has 1 aromatic carbocycles. The number of fused-ring (bicyclic) bond motifs is 1. The molecule has 0 unspecified atom stereocenters. The first-order chi connectivity index (χ1) is 13.9. The van der Waals surface area contributed by atoms with Gasteiger partial charge in [0, 0.05) is 38.1 Å². The number of rotatable bonds is 4. The molecule has 154 valence electrons. The molecule has 0 spiro atoms. The van der Waals surface area contributed by atoms with Crippen LogP contribution >= 0.6 is 0 Å². The van der Waals surface area contributed by atoms with Crippen molar-refractivity contribution in [3.8, 4) is 11.5 Å². The second-order valence-electron chi connectivity index (χ2n) is 8.43. The summed E-state index contributed by atoms with van der Waals surface area (Å²) in [5, 5.41) is 11.3. The molecule has 2 aromatic rings. The van der Waals surface area contributed by atoms with Crippen molar-refractivity contribution in [1.29, 1.82) is 0 Å². The zero-order chi connectivity index (χ0) is 20.4. The maximum atomic E-state index is 12.1. The summed E-state index contributed by atoms with van der Waals surface area (Å²) in [5.74, 6) is 2.89. The van der Waals surface area contributed by atoms with Crippen molar-refractivity contribution in [2.45, 2.75) is 27.3 Å². The second kappa shape index (κ2) is 7.87. The maximum absolute atomic E-state index is 12.1. The molecule has 4 rings (SSSR count). The summed E-state index contributed by atoms with van der Waals surface area (Å²) in [5.41, 5.74) is 0.760. The van der Waals surface area contributed by atoms with E-state index in [9.17, 15) is 4.79 Å². The number of nitrogens with one attached hydrogen (secondary N) is 1. The van der Waals surface area contributed by atoms with Gasteiger partial charge in [-0.25, -0.2) is 0 Å². The van der Waals surface area contributed by atoms with Crippen LogP contribution in [0.4, 0.5) is 11.6 Å². The van der Waals surface area contributed by atoms with Crippen LogP contribution in [0.3, 0.4) is 0 Å². The standard InChI is InChI=1S/C21H27N5O3/c1-21(2,3)20(27)22-18-6-7-19(24-23-18)26-10-8-25(9-11-26)13-15-4-5-16-17(12-15)29-14-28-16/h4-7,12H,8-11,13-14H2,1-3H3,(H,22,23,27). The van der Waals surface area contributed by atoms with E-state index in [0.717, 1.165) is 50.0 Å². The Morgan fingerprint density at radius 3 is 2.48 bits per heavy atom. The van der Waals surface area contributed by atoms with E-state index in [2.05, 4.69) is 37.4 Å². The lowest BCUT2D eigenvalue weighted by atomic mass is 9.96. The Bertz CT molecular complexity index is 871. The van der Waals surface area contributed by atoms with Crippen LogP contribution in [0.1, 0.15) is 26.3 Å². The highest BCUT2D eigenvalue weighted by molar-refractivity contribution is 5.93. The number of amides is 1. The number of piperazine rings is 1. The van der Waals surface area contributed by atoms with Crippen molar-refractivity contribution < 1.29 is 14.3 Å².